The monoisotopic (exact) mass is 598 g/mol. The molecule has 2 nitrogen and oxygen atoms in total. The highest BCUT2D eigenvalue weighted by molar-refractivity contribution is 6.94. The Kier molecular flexibility index (Phi) is 4.71. The summed E-state index contributed by atoms with van der Waals surface area (Å²) in [7, 11) is 0. The molecule has 0 bridgehead atoms. The highest BCUT2D eigenvalue weighted by Gasteiger charge is 2.47. The molecule has 0 atom stereocenters. The molecule has 220 valence electrons. The summed E-state index contributed by atoms with van der Waals surface area (Å²) in [5.41, 5.74) is 18.7. The standard InChI is InChI=1S/C44H31BN2/c1-26-13-4-10-21-36(26)47-38-24-23-34-39(31-17-7-9-19-33(31)44(34,2)3)40(38)32-25-27-14-5-6-15-28(27)43-41(32)45(47)35-20-12-18-30-29-16-8-11-22-37(29)46(43)42(30)35/h4-25H,1-3H3. The van der Waals surface area contributed by atoms with E-state index in [1.165, 1.54) is 99.5 Å². The van der Waals surface area contributed by atoms with Crippen LogP contribution in [0.15, 0.2) is 133 Å². The van der Waals surface area contributed by atoms with Crippen molar-refractivity contribution in [2.45, 2.75) is 26.2 Å². The second-order valence-corrected chi connectivity index (χ2v) is 14.1. The molecular weight excluding hydrogens is 567 g/mol. The number of fused-ring (bicyclic) bond motifs is 13. The van der Waals surface area contributed by atoms with E-state index < -0.39 is 0 Å². The number of hydrogen-bond donors (Lipinski definition) is 0. The van der Waals surface area contributed by atoms with Crippen molar-refractivity contribution in [1.82, 2.24) is 4.57 Å². The van der Waals surface area contributed by atoms with Gasteiger partial charge >= 0.3 is 6.85 Å². The molecule has 0 fully saturated rings. The molecule has 8 aromatic rings. The molecule has 3 heteroatoms. The molecule has 2 aliphatic heterocycles. The lowest BCUT2D eigenvalue weighted by atomic mass is 9.43. The predicted octanol–water partition coefficient (Wildman–Crippen LogP) is 9.79. The average molecular weight is 599 g/mol. The summed E-state index contributed by atoms with van der Waals surface area (Å²) in [6.07, 6.45) is 0. The van der Waals surface area contributed by atoms with Gasteiger partial charge in [-0.2, -0.15) is 0 Å². The maximum atomic E-state index is 2.68. The van der Waals surface area contributed by atoms with Crippen molar-refractivity contribution in [1.29, 1.82) is 0 Å². The van der Waals surface area contributed by atoms with Gasteiger partial charge in [-0.05, 0) is 80.9 Å². The van der Waals surface area contributed by atoms with Crippen LogP contribution in [0, 0.1) is 6.92 Å². The minimum Gasteiger partial charge on any atom is -0.376 e. The molecule has 7 aromatic carbocycles. The second kappa shape index (κ2) is 8.63. The second-order valence-electron chi connectivity index (χ2n) is 14.1. The zero-order valence-corrected chi connectivity index (χ0v) is 26.7. The number of nitrogens with zero attached hydrogens (tertiary/aromatic N) is 2. The summed E-state index contributed by atoms with van der Waals surface area (Å²) in [5, 5.41) is 5.21. The smallest absolute Gasteiger partial charge is 0.333 e. The summed E-state index contributed by atoms with van der Waals surface area (Å²) in [5.74, 6) is 0. The lowest BCUT2D eigenvalue weighted by molar-refractivity contribution is 0.660. The maximum absolute atomic E-state index is 2.68. The number of hydrogen-bond acceptors (Lipinski definition) is 1. The van der Waals surface area contributed by atoms with Gasteiger partial charge < -0.3 is 9.38 Å². The molecule has 0 N–H and O–H groups in total. The van der Waals surface area contributed by atoms with Gasteiger partial charge in [0, 0.05) is 38.5 Å². The first-order chi connectivity index (χ1) is 23.0. The fourth-order valence-electron chi connectivity index (χ4n) is 9.49. The van der Waals surface area contributed by atoms with Crippen LogP contribution in [-0.4, -0.2) is 11.4 Å². The average Bonchev–Trinajstić information content (AvgIpc) is 3.56. The van der Waals surface area contributed by atoms with Gasteiger partial charge in [0.05, 0.1) is 16.7 Å². The van der Waals surface area contributed by atoms with E-state index in [-0.39, 0.29) is 12.3 Å². The van der Waals surface area contributed by atoms with Crippen LogP contribution in [0.5, 0.6) is 0 Å². The lowest BCUT2D eigenvalue weighted by Crippen LogP contribution is -2.60. The SMILES string of the molecule is Cc1ccccc1N1B2c3c(cc4ccccc4c3-n3c4ccccc4c4cccc2c43)-c2c1ccc1c2-c2ccccc2C1(C)C. The Hall–Kier alpha value is -5.54. The number of para-hydroxylation sites is 3. The van der Waals surface area contributed by atoms with Gasteiger partial charge in [-0.15, -0.1) is 0 Å². The molecule has 0 amide bonds. The van der Waals surface area contributed by atoms with Crippen LogP contribution in [0.3, 0.4) is 0 Å². The molecule has 0 radical (unpaired) electrons. The van der Waals surface area contributed by atoms with Gasteiger partial charge in [-0.25, -0.2) is 0 Å². The number of benzene rings is 7. The Morgan fingerprint density at radius 2 is 1.32 bits per heavy atom. The summed E-state index contributed by atoms with van der Waals surface area (Å²) >= 11 is 0. The van der Waals surface area contributed by atoms with Crippen LogP contribution in [0.2, 0.25) is 0 Å². The van der Waals surface area contributed by atoms with E-state index in [1.807, 2.05) is 0 Å². The van der Waals surface area contributed by atoms with Gasteiger partial charge in [-0.3, -0.25) is 0 Å². The zero-order valence-electron chi connectivity index (χ0n) is 26.7. The van der Waals surface area contributed by atoms with E-state index >= 15 is 0 Å². The normalized spacial score (nSPS) is 14.8. The van der Waals surface area contributed by atoms with E-state index in [2.05, 4.69) is 164 Å². The van der Waals surface area contributed by atoms with Crippen molar-refractivity contribution < 1.29 is 0 Å². The Balaban J connectivity index is 1.41. The molecule has 47 heavy (non-hydrogen) atoms. The number of aryl methyl sites for hydroxylation is 1. The molecule has 0 unspecified atom stereocenters. The fourth-order valence-corrected chi connectivity index (χ4v) is 9.49. The van der Waals surface area contributed by atoms with Crippen LogP contribution in [0.1, 0.15) is 30.5 Å². The molecule has 0 saturated heterocycles. The number of anilines is 2. The molecule has 1 aliphatic carbocycles. The minimum absolute atomic E-state index is 0.0152. The van der Waals surface area contributed by atoms with Crippen molar-refractivity contribution >= 4 is 61.7 Å². The van der Waals surface area contributed by atoms with Crippen molar-refractivity contribution in [2.75, 3.05) is 4.81 Å². The Labute approximate surface area is 274 Å². The first kappa shape index (κ1) is 25.6. The summed E-state index contributed by atoms with van der Waals surface area (Å²) in [4.78, 5) is 2.68. The Morgan fingerprint density at radius 1 is 0.574 bits per heavy atom. The van der Waals surface area contributed by atoms with Crippen LogP contribution in [-0.2, 0) is 5.41 Å². The van der Waals surface area contributed by atoms with Gasteiger partial charge in [0.2, 0.25) is 0 Å². The topological polar surface area (TPSA) is 8.17 Å². The zero-order chi connectivity index (χ0) is 31.2. The highest BCUT2D eigenvalue weighted by Crippen LogP contribution is 2.57. The first-order valence-electron chi connectivity index (χ1n) is 16.7. The quantitative estimate of drug-likeness (QED) is 0.171. The van der Waals surface area contributed by atoms with Crippen LogP contribution in [0.4, 0.5) is 11.4 Å². The minimum atomic E-state index is -0.0857. The van der Waals surface area contributed by atoms with E-state index in [0.29, 0.717) is 0 Å². The Bertz CT molecular complexity index is 2690. The predicted molar refractivity (Wildman–Crippen MR) is 200 cm³/mol. The molecule has 3 aliphatic rings. The fraction of sp³-hybridized carbons (Fsp3) is 0.0909. The van der Waals surface area contributed by atoms with Crippen molar-refractivity contribution in [3.8, 4) is 27.9 Å². The third-order valence-corrected chi connectivity index (χ3v) is 11.5. The molecule has 3 heterocycles. The van der Waals surface area contributed by atoms with Crippen LogP contribution >= 0.6 is 0 Å². The highest BCUT2D eigenvalue weighted by atomic mass is 15.1. The van der Waals surface area contributed by atoms with Crippen molar-refractivity contribution in [3.05, 3.63) is 150 Å². The van der Waals surface area contributed by atoms with Gasteiger partial charge in [0.25, 0.3) is 0 Å². The molecule has 1 aromatic heterocycles. The number of rotatable bonds is 1. The van der Waals surface area contributed by atoms with E-state index in [4.69, 9.17) is 0 Å². The first-order valence-corrected chi connectivity index (χ1v) is 16.7. The van der Waals surface area contributed by atoms with E-state index in [1.54, 1.807) is 0 Å². The van der Waals surface area contributed by atoms with Crippen molar-refractivity contribution in [2.24, 2.45) is 0 Å². The van der Waals surface area contributed by atoms with Gasteiger partial charge in [0.1, 0.15) is 0 Å². The van der Waals surface area contributed by atoms with E-state index in [0.717, 1.165) is 0 Å². The molecule has 11 rings (SSSR count). The maximum Gasteiger partial charge on any atom is 0.333 e. The van der Waals surface area contributed by atoms with E-state index in [9.17, 15) is 0 Å². The summed E-state index contributed by atoms with van der Waals surface area (Å²) in [6, 6.07) is 50.4. The Morgan fingerprint density at radius 3 is 2.21 bits per heavy atom. The third kappa shape index (κ3) is 2.99. The van der Waals surface area contributed by atoms with Gasteiger partial charge in [0.15, 0.2) is 0 Å². The number of aromatic nitrogens is 1. The summed E-state index contributed by atoms with van der Waals surface area (Å²) < 4.78 is 2.60. The lowest BCUT2D eigenvalue weighted by Gasteiger charge is -2.44. The summed E-state index contributed by atoms with van der Waals surface area (Å²) in [6.45, 7) is 7.06. The van der Waals surface area contributed by atoms with Gasteiger partial charge in [-0.1, -0.05) is 123 Å². The largest absolute Gasteiger partial charge is 0.376 e. The molecule has 0 spiro atoms. The van der Waals surface area contributed by atoms with Crippen LogP contribution < -0.4 is 15.7 Å². The van der Waals surface area contributed by atoms with Crippen molar-refractivity contribution in [3.63, 3.8) is 0 Å². The molecular formula is C44H31BN2. The molecule has 0 saturated carbocycles. The third-order valence-electron chi connectivity index (χ3n) is 11.5. The van der Waals surface area contributed by atoms with Crippen LogP contribution in [0.25, 0.3) is 60.5 Å².